The summed E-state index contributed by atoms with van der Waals surface area (Å²) in [5.74, 6) is 2.90. The van der Waals surface area contributed by atoms with Gasteiger partial charge in [0.05, 0.1) is 6.04 Å². The van der Waals surface area contributed by atoms with Gasteiger partial charge in [0.15, 0.2) is 0 Å². The van der Waals surface area contributed by atoms with Crippen LogP contribution in [0.1, 0.15) is 51.4 Å². The molecule has 3 unspecified atom stereocenters. The van der Waals surface area contributed by atoms with Gasteiger partial charge in [-0.15, -0.1) is 0 Å². The summed E-state index contributed by atoms with van der Waals surface area (Å²) in [5, 5.41) is 3.63. The molecule has 0 aliphatic heterocycles. The van der Waals surface area contributed by atoms with Crippen LogP contribution in [0.4, 0.5) is 0 Å². The zero-order valence-electron chi connectivity index (χ0n) is 11.3. The van der Waals surface area contributed by atoms with E-state index in [0.29, 0.717) is 6.04 Å². The maximum atomic E-state index is 4.53. The molecule has 1 aromatic heterocycles. The second kappa shape index (κ2) is 5.67. The van der Waals surface area contributed by atoms with E-state index >= 15 is 0 Å². The second-order valence-electron chi connectivity index (χ2n) is 5.28. The SMILES string of the molecule is CCNC(c1nccn1C)C1CCC(CC)C1. The number of hydrogen-bond acceptors (Lipinski definition) is 2. The Morgan fingerprint density at radius 2 is 2.29 bits per heavy atom. The third-order valence-corrected chi connectivity index (χ3v) is 4.19. The van der Waals surface area contributed by atoms with Gasteiger partial charge in [-0.05, 0) is 31.2 Å². The molecule has 1 fully saturated rings. The molecule has 0 saturated heterocycles. The van der Waals surface area contributed by atoms with E-state index in [1.807, 2.05) is 12.4 Å². The lowest BCUT2D eigenvalue weighted by molar-refractivity contribution is 0.340. The largest absolute Gasteiger partial charge is 0.337 e. The van der Waals surface area contributed by atoms with Crippen LogP contribution in [-0.4, -0.2) is 16.1 Å². The molecule has 1 aliphatic rings. The Labute approximate surface area is 105 Å². The summed E-state index contributed by atoms with van der Waals surface area (Å²) in [6, 6.07) is 0.441. The third-order valence-electron chi connectivity index (χ3n) is 4.19. The first-order valence-electron chi connectivity index (χ1n) is 6.96. The van der Waals surface area contributed by atoms with Crippen molar-refractivity contribution < 1.29 is 0 Å². The summed E-state index contributed by atoms with van der Waals surface area (Å²) in [4.78, 5) is 4.53. The minimum atomic E-state index is 0.441. The van der Waals surface area contributed by atoms with Gasteiger partial charge in [-0.25, -0.2) is 4.98 Å². The van der Waals surface area contributed by atoms with E-state index in [9.17, 15) is 0 Å². The first kappa shape index (κ1) is 12.6. The monoisotopic (exact) mass is 235 g/mol. The molecule has 1 aliphatic carbocycles. The maximum absolute atomic E-state index is 4.53. The molecule has 3 atom stereocenters. The normalized spacial score (nSPS) is 26.3. The van der Waals surface area contributed by atoms with Crippen molar-refractivity contribution in [3.05, 3.63) is 18.2 Å². The van der Waals surface area contributed by atoms with Gasteiger partial charge in [0.1, 0.15) is 5.82 Å². The molecule has 0 amide bonds. The zero-order chi connectivity index (χ0) is 12.3. The lowest BCUT2D eigenvalue weighted by atomic mass is 9.95. The lowest BCUT2D eigenvalue weighted by Crippen LogP contribution is -2.29. The van der Waals surface area contributed by atoms with Crippen molar-refractivity contribution in [2.75, 3.05) is 6.54 Å². The summed E-state index contributed by atoms with van der Waals surface area (Å²) in [5.41, 5.74) is 0. The number of imidazole rings is 1. The highest BCUT2D eigenvalue weighted by molar-refractivity contribution is 5.02. The predicted molar refractivity (Wildman–Crippen MR) is 70.7 cm³/mol. The number of aromatic nitrogens is 2. The summed E-state index contributed by atoms with van der Waals surface area (Å²) in [7, 11) is 2.10. The first-order valence-corrected chi connectivity index (χ1v) is 6.96. The van der Waals surface area contributed by atoms with E-state index in [1.54, 1.807) is 0 Å². The second-order valence-corrected chi connectivity index (χ2v) is 5.28. The molecule has 1 N–H and O–H groups in total. The fourth-order valence-electron chi connectivity index (χ4n) is 3.15. The summed E-state index contributed by atoms with van der Waals surface area (Å²) < 4.78 is 2.16. The molecule has 1 heterocycles. The van der Waals surface area contributed by atoms with Crippen LogP contribution in [-0.2, 0) is 7.05 Å². The number of hydrogen-bond donors (Lipinski definition) is 1. The van der Waals surface area contributed by atoms with Crippen LogP contribution in [0.5, 0.6) is 0 Å². The lowest BCUT2D eigenvalue weighted by Gasteiger charge is -2.24. The zero-order valence-corrected chi connectivity index (χ0v) is 11.3. The molecule has 0 radical (unpaired) electrons. The molecule has 3 heteroatoms. The Morgan fingerprint density at radius 3 is 2.82 bits per heavy atom. The topological polar surface area (TPSA) is 29.9 Å². The number of nitrogens with one attached hydrogen (secondary N) is 1. The number of rotatable bonds is 5. The van der Waals surface area contributed by atoms with E-state index in [-0.39, 0.29) is 0 Å². The van der Waals surface area contributed by atoms with Crippen molar-refractivity contribution in [1.29, 1.82) is 0 Å². The van der Waals surface area contributed by atoms with Gasteiger partial charge < -0.3 is 9.88 Å². The third kappa shape index (κ3) is 2.71. The summed E-state index contributed by atoms with van der Waals surface area (Å²) in [6.45, 7) is 5.52. The Bertz CT molecular complexity index is 345. The van der Waals surface area contributed by atoms with Crippen LogP contribution in [0, 0.1) is 11.8 Å². The quantitative estimate of drug-likeness (QED) is 0.850. The molecule has 0 aromatic carbocycles. The van der Waals surface area contributed by atoms with E-state index < -0.39 is 0 Å². The Morgan fingerprint density at radius 1 is 1.47 bits per heavy atom. The average molecular weight is 235 g/mol. The van der Waals surface area contributed by atoms with Crippen molar-refractivity contribution in [2.45, 2.75) is 45.6 Å². The molecular weight excluding hydrogens is 210 g/mol. The van der Waals surface area contributed by atoms with Gasteiger partial charge in [-0.2, -0.15) is 0 Å². The molecule has 0 spiro atoms. The van der Waals surface area contributed by atoms with E-state index in [4.69, 9.17) is 0 Å². The number of aryl methyl sites for hydroxylation is 1. The Balaban J connectivity index is 2.10. The highest BCUT2D eigenvalue weighted by Crippen LogP contribution is 2.39. The summed E-state index contributed by atoms with van der Waals surface area (Å²) in [6.07, 6.45) is 9.39. The van der Waals surface area contributed by atoms with Crippen molar-refractivity contribution in [3.63, 3.8) is 0 Å². The average Bonchev–Trinajstić information content (AvgIpc) is 2.95. The minimum absolute atomic E-state index is 0.441. The molecule has 0 bridgehead atoms. The highest BCUT2D eigenvalue weighted by atomic mass is 15.1. The van der Waals surface area contributed by atoms with Gasteiger partial charge >= 0.3 is 0 Å². The smallest absolute Gasteiger partial charge is 0.125 e. The molecular formula is C14H25N3. The standard InChI is InChI=1S/C14H25N3/c1-4-11-6-7-12(10-11)13(15-5-2)14-16-8-9-17(14)3/h8-9,11-13,15H,4-7,10H2,1-3H3. The molecule has 96 valence electrons. The van der Waals surface area contributed by atoms with E-state index in [2.05, 4.69) is 35.8 Å². The summed E-state index contributed by atoms with van der Waals surface area (Å²) >= 11 is 0. The molecule has 1 aromatic rings. The molecule has 1 saturated carbocycles. The highest BCUT2D eigenvalue weighted by Gasteiger charge is 2.32. The van der Waals surface area contributed by atoms with Crippen molar-refractivity contribution in [3.8, 4) is 0 Å². The fourth-order valence-corrected chi connectivity index (χ4v) is 3.15. The van der Waals surface area contributed by atoms with Crippen molar-refractivity contribution >= 4 is 0 Å². The first-order chi connectivity index (χ1) is 8.26. The molecule has 3 nitrogen and oxygen atoms in total. The van der Waals surface area contributed by atoms with Crippen LogP contribution < -0.4 is 5.32 Å². The van der Waals surface area contributed by atoms with Crippen LogP contribution in [0.15, 0.2) is 12.4 Å². The van der Waals surface area contributed by atoms with Gasteiger partial charge in [-0.3, -0.25) is 0 Å². The maximum Gasteiger partial charge on any atom is 0.125 e. The van der Waals surface area contributed by atoms with Crippen LogP contribution >= 0.6 is 0 Å². The Hall–Kier alpha value is -0.830. The van der Waals surface area contributed by atoms with E-state index in [0.717, 1.165) is 18.4 Å². The van der Waals surface area contributed by atoms with Crippen LogP contribution in [0.3, 0.4) is 0 Å². The van der Waals surface area contributed by atoms with Crippen molar-refractivity contribution in [1.82, 2.24) is 14.9 Å². The van der Waals surface area contributed by atoms with Crippen LogP contribution in [0.25, 0.3) is 0 Å². The van der Waals surface area contributed by atoms with Gasteiger partial charge in [0.2, 0.25) is 0 Å². The predicted octanol–water partition coefficient (Wildman–Crippen LogP) is 2.90. The Kier molecular flexibility index (Phi) is 4.21. The van der Waals surface area contributed by atoms with Crippen LogP contribution in [0.2, 0.25) is 0 Å². The molecule has 17 heavy (non-hydrogen) atoms. The van der Waals surface area contributed by atoms with Crippen molar-refractivity contribution in [2.24, 2.45) is 18.9 Å². The number of nitrogens with zero attached hydrogens (tertiary/aromatic N) is 2. The fraction of sp³-hybridized carbons (Fsp3) is 0.786. The van der Waals surface area contributed by atoms with Gasteiger partial charge in [-0.1, -0.05) is 26.7 Å². The van der Waals surface area contributed by atoms with E-state index in [1.165, 1.54) is 31.5 Å². The van der Waals surface area contributed by atoms with Gasteiger partial charge in [0.25, 0.3) is 0 Å². The molecule has 2 rings (SSSR count). The minimum Gasteiger partial charge on any atom is -0.337 e. The van der Waals surface area contributed by atoms with Gasteiger partial charge in [0, 0.05) is 19.4 Å².